The maximum absolute atomic E-state index is 5.94. The summed E-state index contributed by atoms with van der Waals surface area (Å²) in [5, 5.41) is 1.41. The summed E-state index contributed by atoms with van der Waals surface area (Å²) in [5.74, 6) is 0. The zero-order chi connectivity index (χ0) is 9.54. The summed E-state index contributed by atoms with van der Waals surface area (Å²) in [6.45, 7) is 1.51. The molecule has 0 radical (unpaired) electrons. The lowest BCUT2D eigenvalue weighted by molar-refractivity contribution is -0.0216. The SMILES string of the molecule is Clc1ncnc2c1ccn2C1COC1. The molecule has 72 valence electrons. The third-order valence-electron chi connectivity index (χ3n) is 2.47. The molecule has 2 aromatic heterocycles. The Hall–Kier alpha value is -1.13. The highest BCUT2D eigenvalue weighted by atomic mass is 35.5. The van der Waals surface area contributed by atoms with Crippen molar-refractivity contribution in [2.75, 3.05) is 13.2 Å². The monoisotopic (exact) mass is 209 g/mol. The number of ether oxygens (including phenoxy) is 1. The van der Waals surface area contributed by atoms with Crippen LogP contribution >= 0.6 is 11.6 Å². The van der Waals surface area contributed by atoms with Crippen LogP contribution in [0.3, 0.4) is 0 Å². The lowest BCUT2D eigenvalue weighted by atomic mass is 10.2. The largest absolute Gasteiger partial charge is 0.377 e. The predicted molar refractivity (Wildman–Crippen MR) is 52.4 cm³/mol. The number of halogens is 1. The van der Waals surface area contributed by atoms with Crippen molar-refractivity contribution >= 4 is 22.6 Å². The molecule has 0 N–H and O–H groups in total. The van der Waals surface area contributed by atoms with Crippen molar-refractivity contribution in [2.24, 2.45) is 0 Å². The lowest BCUT2D eigenvalue weighted by Crippen LogP contribution is -2.30. The van der Waals surface area contributed by atoms with Crippen LogP contribution in [0.2, 0.25) is 5.15 Å². The fraction of sp³-hybridized carbons (Fsp3) is 0.333. The van der Waals surface area contributed by atoms with E-state index in [4.69, 9.17) is 16.3 Å². The first-order valence-corrected chi connectivity index (χ1v) is 4.79. The maximum Gasteiger partial charge on any atom is 0.145 e. The molecule has 0 atom stereocenters. The summed E-state index contributed by atoms with van der Waals surface area (Å²) in [4.78, 5) is 8.15. The van der Waals surface area contributed by atoms with Gasteiger partial charge >= 0.3 is 0 Å². The standard InChI is InChI=1S/C9H8ClN3O/c10-8-7-1-2-13(6-3-14-4-6)9(7)12-5-11-8/h1-2,5-6H,3-4H2. The molecule has 0 aliphatic carbocycles. The molecule has 0 saturated carbocycles. The Labute approximate surface area is 85.5 Å². The Bertz CT molecular complexity index is 478. The Balaban J connectivity index is 2.20. The van der Waals surface area contributed by atoms with E-state index in [2.05, 4.69) is 14.5 Å². The summed E-state index contributed by atoms with van der Waals surface area (Å²) in [6.07, 6.45) is 3.47. The van der Waals surface area contributed by atoms with E-state index in [0.29, 0.717) is 11.2 Å². The van der Waals surface area contributed by atoms with Crippen LogP contribution in [0.1, 0.15) is 6.04 Å². The molecule has 1 aliphatic rings. The van der Waals surface area contributed by atoms with Crippen molar-refractivity contribution in [3.8, 4) is 0 Å². The molecule has 0 bridgehead atoms. The lowest BCUT2D eigenvalue weighted by Gasteiger charge is -2.27. The topological polar surface area (TPSA) is 39.9 Å². The number of hydrogen-bond donors (Lipinski definition) is 0. The molecule has 2 aromatic rings. The zero-order valence-corrected chi connectivity index (χ0v) is 8.11. The van der Waals surface area contributed by atoms with Crippen molar-refractivity contribution in [3.05, 3.63) is 23.7 Å². The molecular weight excluding hydrogens is 202 g/mol. The van der Waals surface area contributed by atoms with E-state index < -0.39 is 0 Å². The number of nitrogens with zero attached hydrogens (tertiary/aromatic N) is 3. The highest BCUT2D eigenvalue weighted by Crippen LogP contribution is 2.26. The second-order valence-corrected chi connectivity index (χ2v) is 3.67. The molecule has 5 heteroatoms. The molecular formula is C9H8ClN3O. The van der Waals surface area contributed by atoms with Gasteiger partial charge in [-0.3, -0.25) is 0 Å². The Morgan fingerprint density at radius 2 is 2.29 bits per heavy atom. The van der Waals surface area contributed by atoms with E-state index in [1.165, 1.54) is 6.33 Å². The zero-order valence-electron chi connectivity index (χ0n) is 7.35. The summed E-state index contributed by atoms with van der Waals surface area (Å²) in [6, 6.07) is 2.34. The van der Waals surface area contributed by atoms with Gasteiger partial charge in [0.25, 0.3) is 0 Å². The molecule has 1 aliphatic heterocycles. The summed E-state index contributed by atoms with van der Waals surface area (Å²) >= 11 is 5.94. The first-order valence-electron chi connectivity index (χ1n) is 4.41. The normalized spacial score (nSPS) is 17.2. The van der Waals surface area contributed by atoms with E-state index in [-0.39, 0.29) is 0 Å². The van der Waals surface area contributed by atoms with Crippen LogP contribution < -0.4 is 0 Å². The van der Waals surface area contributed by atoms with Crippen molar-refractivity contribution in [1.29, 1.82) is 0 Å². The van der Waals surface area contributed by atoms with Crippen LogP contribution in [0.5, 0.6) is 0 Å². The minimum absolute atomic E-state index is 0.401. The summed E-state index contributed by atoms with van der Waals surface area (Å²) < 4.78 is 7.23. The van der Waals surface area contributed by atoms with Gasteiger partial charge in [0.15, 0.2) is 0 Å². The van der Waals surface area contributed by atoms with Crippen LogP contribution in [-0.2, 0) is 4.74 Å². The fourth-order valence-corrected chi connectivity index (χ4v) is 1.81. The van der Waals surface area contributed by atoms with E-state index in [9.17, 15) is 0 Å². The highest BCUT2D eigenvalue weighted by molar-refractivity contribution is 6.33. The summed E-state index contributed by atoms with van der Waals surface area (Å²) in [5.41, 5.74) is 0.887. The highest BCUT2D eigenvalue weighted by Gasteiger charge is 2.22. The molecule has 1 fully saturated rings. The van der Waals surface area contributed by atoms with Gasteiger partial charge in [0.2, 0.25) is 0 Å². The predicted octanol–water partition coefficient (Wildman–Crippen LogP) is 1.66. The third-order valence-corrected chi connectivity index (χ3v) is 2.78. The van der Waals surface area contributed by atoms with Gasteiger partial charge in [-0.1, -0.05) is 11.6 Å². The molecule has 3 rings (SSSR count). The second-order valence-electron chi connectivity index (χ2n) is 3.32. The van der Waals surface area contributed by atoms with E-state index in [1.807, 2.05) is 12.3 Å². The van der Waals surface area contributed by atoms with Gasteiger partial charge in [0.05, 0.1) is 24.6 Å². The minimum Gasteiger partial charge on any atom is -0.377 e. The average Bonchev–Trinajstić information content (AvgIpc) is 2.48. The van der Waals surface area contributed by atoms with E-state index in [1.54, 1.807) is 0 Å². The van der Waals surface area contributed by atoms with Gasteiger partial charge in [-0.05, 0) is 6.07 Å². The maximum atomic E-state index is 5.94. The van der Waals surface area contributed by atoms with Crippen LogP contribution in [-0.4, -0.2) is 27.7 Å². The molecule has 1 saturated heterocycles. The van der Waals surface area contributed by atoms with Crippen molar-refractivity contribution < 1.29 is 4.74 Å². The van der Waals surface area contributed by atoms with Gasteiger partial charge in [-0.2, -0.15) is 0 Å². The van der Waals surface area contributed by atoms with Crippen LogP contribution in [0.15, 0.2) is 18.6 Å². The molecule has 0 amide bonds. The molecule has 0 spiro atoms. The number of rotatable bonds is 1. The fourth-order valence-electron chi connectivity index (χ4n) is 1.62. The molecule has 0 unspecified atom stereocenters. The second kappa shape index (κ2) is 2.93. The first kappa shape index (κ1) is 8.20. The van der Waals surface area contributed by atoms with Gasteiger partial charge < -0.3 is 9.30 Å². The van der Waals surface area contributed by atoms with Gasteiger partial charge in [-0.25, -0.2) is 9.97 Å². The summed E-state index contributed by atoms with van der Waals surface area (Å²) in [7, 11) is 0. The Morgan fingerprint density at radius 1 is 1.43 bits per heavy atom. The Morgan fingerprint density at radius 3 is 3.00 bits per heavy atom. The van der Waals surface area contributed by atoms with Gasteiger partial charge in [0.1, 0.15) is 17.1 Å². The van der Waals surface area contributed by atoms with Crippen molar-refractivity contribution in [2.45, 2.75) is 6.04 Å². The van der Waals surface area contributed by atoms with Crippen molar-refractivity contribution in [1.82, 2.24) is 14.5 Å². The third kappa shape index (κ3) is 1.04. The molecule has 3 heterocycles. The Kier molecular flexibility index (Phi) is 1.72. The first-order chi connectivity index (χ1) is 6.86. The van der Waals surface area contributed by atoms with Gasteiger partial charge in [-0.15, -0.1) is 0 Å². The van der Waals surface area contributed by atoms with Crippen LogP contribution in [0.25, 0.3) is 11.0 Å². The average molecular weight is 210 g/mol. The number of aromatic nitrogens is 3. The number of hydrogen-bond acceptors (Lipinski definition) is 3. The minimum atomic E-state index is 0.401. The van der Waals surface area contributed by atoms with Crippen LogP contribution in [0, 0.1) is 0 Å². The molecule has 4 nitrogen and oxygen atoms in total. The van der Waals surface area contributed by atoms with Crippen LogP contribution in [0.4, 0.5) is 0 Å². The van der Waals surface area contributed by atoms with Crippen molar-refractivity contribution in [3.63, 3.8) is 0 Å². The number of fused-ring (bicyclic) bond motifs is 1. The van der Waals surface area contributed by atoms with Gasteiger partial charge in [0, 0.05) is 6.20 Å². The molecule has 0 aromatic carbocycles. The smallest absolute Gasteiger partial charge is 0.145 e. The van der Waals surface area contributed by atoms with E-state index in [0.717, 1.165) is 24.2 Å². The quantitative estimate of drug-likeness (QED) is 0.671. The molecule has 14 heavy (non-hydrogen) atoms. The van der Waals surface area contributed by atoms with E-state index >= 15 is 0 Å².